The first kappa shape index (κ1) is 17.6. The van der Waals surface area contributed by atoms with Crippen LogP contribution in [0.1, 0.15) is 18.5 Å². The molecule has 8 heteroatoms. The Balaban J connectivity index is 1.99. The molecule has 0 fully saturated rings. The zero-order valence-electron chi connectivity index (χ0n) is 13.3. The lowest BCUT2D eigenvalue weighted by molar-refractivity contribution is 0.0796. The maximum Gasteiger partial charge on any atom is 0.323 e. The Hall–Kier alpha value is -2.77. The number of amides is 2. The summed E-state index contributed by atoms with van der Waals surface area (Å²) < 4.78 is 29.1. The molecule has 1 N–H and O–H groups in total. The average Bonchev–Trinajstić information content (AvgIpc) is 2.59. The third-order valence-corrected chi connectivity index (χ3v) is 3.38. The number of hydrogen-bond acceptors (Lipinski definition) is 4. The molecule has 0 saturated carbocycles. The predicted molar refractivity (Wildman–Crippen MR) is 85.2 cm³/mol. The number of nitrogens with zero attached hydrogens (tertiary/aromatic N) is 3. The van der Waals surface area contributed by atoms with Gasteiger partial charge in [-0.15, -0.1) is 0 Å². The van der Waals surface area contributed by atoms with Crippen LogP contribution < -0.4 is 10.1 Å². The molecule has 1 atom stereocenters. The fourth-order valence-electron chi connectivity index (χ4n) is 1.93. The molecular formula is C16H18F2N4O2. The molecular weight excluding hydrogens is 318 g/mol. The summed E-state index contributed by atoms with van der Waals surface area (Å²) in [5, 5.41) is 2.61. The van der Waals surface area contributed by atoms with E-state index in [2.05, 4.69) is 15.3 Å². The Morgan fingerprint density at radius 2 is 2.12 bits per heavy atom. The Morgan fingerprint density at radius 3 is 2.79 bits per heavy atom. The molecule has 0 spiro atoms. The molecule has 2 aromatic heterocycles. The van der Waals surface area contributed by atoms with E-state index in [9.17, 15) is 13.6 Å². The third-order valence-electron chi connectivity index (χ3n) is 3.38. The molecule has 2 amide bonds. The number of halogens is 2. The van der Waals surface area contributed by atoms with Gasteiger partial charge in [0.05, 0.1) is 6.04 Å². The monoisotopic (exact) mass is 336 g/mol. The van der Waals surface area contributed by atoms with Gasteiger partial charge in [0.1, 0.15) is 5.82 Å². The van der Waals surface area contributed by atoms with Crippen molar-refractivity contribution in [1.29, 1.82) is 0 Å². The molecule has 0 saturated heterocycles. The third kappa shape index (κ3) is 4.87. The van der Waals surface area contributed by atoms with Crippen LogP contribution in [0.5, 0.6) is 5.88 Å². The number of ether oxygens (including phenoxy) is 1. The van der Waals surface area contributed by atoms with Crippen molar-refractivity contribution in [3.63, 3.8) is 0 Å². The summed E-state index contributed by atoms with van der Waals surface area (Å²) in [6.07, 6.45) is 0.757. The quantitative estimate of drug-likeness (QED) is 0.878. The van der Waals surface area contributed by atoms with Crippen molar-refractivity contribution in [2.24, 2.45) is 0 Å². The molecule has 0 radical (unpaired) electrons. The highest BCUT2D eigenvalue weighted by Gasteiger charge is 2.18. The van der Waals surface area contributed by atoms with Crippen LogP contribution in [0.25, 0.3) is 0 Å². The van der Waals surface area contributed by atoms with Crippen molar-refractivity contribution in [2.45, 2.75) is 19.4 Å². The summed E-state index contributed by atoms with van der Waals surface area (Å²) in [6, 6.07) is 7.65. The fraction of sp³-hybridized carbons (Fsp3) is 0.312. The molecule has 2 rings (SSSR count). The number of carbonyl (C=O) groups is 1. The number of carbonyl (C=O) groups excluding carboxylic acids is 1. The van der Waals surface area contributed by atoms with E-state index < -0.39 is 13.0 Å². The highest BCUT2D eigenvalue weighted by Crippen LogP contribution is 2.19. The van der Waals surface area contributed by atoms with Gasteiger partial charge in [-0.3, -0.25) is 10.3 Å². The lowest BCUT2D eigenvalue weighted by Gasteiger charge is -2.25. The summed E-state index contributed by atoms with van der Waals surface area (Å²) >= 11 is 0. The van der Waals surface area contributed by atoms with Gasteiger partial charge in [0, 0.05) is 25.5 Å². The number of urea groups is 1. The molecule has 0 aliphatic rings. The van der Waals surface area contributed by atoms with Gasteiger partial charge in [0.15, 0.2) is 6.61 Å². The van der Waals surface area contributed by atoms with Crippen molar-refractivity contribution in [2.75, 3.05) is 19.0 Å². The molecule has 128 valence electrons. The van der Waals surface area contributed by atoms with Gasteiger partial charge in [-0.25, -0.2) is 13.6 Å². The highest BCUT2D eigenvalue weighted by atomic mass is 19.3. The highest BCUT2D eigenvalue weighted by molar-refractivity contribution is 5.88. The maximum atomic E-state index is 12.3. The topological polar surface area (TPSA) is 67.4 Å². The number of alkyl halides is 2. The number of nitrogens with one attached hydrogen (secondary N) is 1. The second-order valence-electron chi connectivity index (χ2n) is 5.07. The molecule has 0 aliphatic carbocycles. The Kier molecular flexibility index (Phi) is 6.00. The summed E-state index contributed by atoms with van der Waals surface area (Å²) in [5.74, 6) is 0.244. The number of hydrogen-bond donors (Lipinski definition) is 1. The van der Waals surface area contributed by atoms with Crippen LogP contribution in [0.4, 0.5) is 19.4 Å². The molecule has 0 aromatic carbocycles. The van der Waals surface area contributed by atoms with Gasteiger partial charge in [0.25, 0.3) is 6.43 Å². The van der Waals surface area contributed by atoms with E-state index in [0.29, 0.717) is 0 Å². The van der Waals surface area contributed by atoms with Gasteiger partial charge < -0.3 is 9.64 Å². The number of anilines is 1. The van der Waals surface area contributed by atoms with E-state index in [1.807, 2.05) is 13.0 Å². The predicted octanol–water partition coefficient (Wildman–Crippen LogP) is 3.35. The fourth-order valence-corrected chi connectivity index (χ4v) is 1.93. The minimum atomic E-state index is -2.59. The Labute approximate surface area is 138 Å². The standard InChI is InChI=1S/C16H18F2N4O2/c1-11(12-5-4-8-19-9-12)22(2)16(23)21-14-6-3-7-15(20-14)24-10-13(17)18/h3-9,11,13H,10H2,1-2H3,(H,20,21,23)/t11-/m0/s1. The normalized spacial score (nSPS) is 11.9. The van der Waals surface area contributed by atoms with E-state index in [1.165, 1.54) is 11.0 Å². The zero-order valence-corrected chi connectivity index (χ0v) is 13.3. The van der Waals surface area contributed by atoms with Gasteiger partial charge in [0.2, 0.25) is 5.88 Å². The van der Waals surface area contributed by atoms with E-state index in [-0.39, 0.29) is 23.8 Å². The van der Waals surface area contributed by atoms with Gasteiger partial charge >= 0.3 is 6.03 Å². The van der Waals surface area contributed by atoms with Crippen molar-refractivity contribution >= 4 is 11.8 Å². The lowest BCUT2D eigenvalue weighted by Crippen LogP contribution is -2.33. The van der Waals surface area contributed by atoms with Gasteiger partial charge in [-0.05, 0) is 24.6 Å². The minimum absolute atomic E-state index is 0.0241. The van der Waals surface area contributed by atoms with Gasteiger partial charge in [-0.1, -0.05) is 12.1 Å². The minimum Gasteiger partial charge on any atom is -0.472 e. The summed E-state index contributed by atoms with van der Waals surface area (Å²) in [7, 11) is 1.64. The van der Waals surface area contributed by atoms with E-state index >= 15 is 0 Å². The van der Waals surface area contributed by atoms with Crippen molar-refractivity contribution in [3.05, 3.63) is 48.3 Å². The largest absolute Gasteiger partial charge is 0.472 e. The Bertz CT molecular complexity index is 670. The van der Waals surface area contributed by atoms with E-state index in [1.54, 1.807) is 37.6 Å². The lowest BCUT2D eigenvalue weighted by atomic mass is 10.1. The smallest absolute Gasteiger partial charge is 0.323 e. The van der Waals surface area contributed by atoms with Crippen molar-refractivity contribution < 1.29 is 18.3 Å². The number of rotatable bonds is 6. The van der Waals surface area contributed by atoms with Crippen LogP contribution >= 0.6 is 0 Å². The first-order valence-corrected chi connectivity index (χ1v) is 7.29. The van der Waals surface area contributed by atoms with Crippen LogP contribution in [-0.2, 0) is 0 Å². The number of pyridine rings is 2. The average molecular weight is 336 g/mol. The first-order chi connectivity index (χ1) is 11.5. The summed E-state index contributed by atoms with van der Waals surface area (Å²) in [5.41, 5.74) is 0.886. The maximum absolute atomic E-state index is 12.3. The zero-order chi connectivity index (χ0) is 17.5. The first-order valence-electron chi connectivity index (χ1n) is 7.29. The van der Waals surface area contributed by atoms with E-state index in [4.69, 9.17) is 4.74 Å². The molecule has 2 heterocycles. The number of aromatic nitrogens is 2. The van der Waals surface area contributed by atoms with Gasteiger partial charge in [-0.2, -0.15) is 4.98 Å². The van der Waals surface area contributed by atoms with Crippen LogP contribution in [-0.4, -0.2) is 41.0 Å². The summed E-state index contributed by atoms with van der Waals surface area (Å²) in [4.78, 5) is 21.8. The summed E-state index contributed by atoms with van der Waals surface area (Å²) in [6.45, 7) is 1.12. The second kappa shape index (κ2) is 8.19. The van der Waals surface area contributed by atoms with Crippen molar-refractivity contribution in [3.8, 4) is 5.88 Å². The van der Waals surface area contributed by atoms with Crippen LogP contribution in [0.15, 0.2) is 42.7 Å². The van der Waals surface area contributed by atoms with Crippen LogP contribution in [0.3, 0.4) is 0 Å². The van der Waals surface area contributed by atoms with E-state index in [0.717, 1.165) is 5.56 Å². The van der Waals surface area contributed by atoms with Crippen LogP contribution in [0, 0.1) is 0 Å². The molecule has 2 aromatic rings. The van der Waals surface area contributed by atoms with Crippen molar-refractivity contribution in [1.82, 2.24) is 14.9 Å². The second-order valence-corrected chi connectivity index (χ2v) is 5.07. The molecule has 0 aliphatic heterocycles. The molecule has 0 bridgehead atoms. The molecule has 0 unspecified atom stereocenters. The molecule has 24 heavy (non-hydrogen) atoms. The van der Waals surface area contributed by atoms with Crippen LogP contribution in [0.2, 0.25) is 0 Å². The molecule has 6 nitrogen and oxygen atoms in total. The SMILES string of the molecule is C[C@@H](c1cccnc1)N(C)C(=O)Nc1cccc(OCC(F)F)n1. The Morgan fingerprint density at radius 1 is 1.33 bits per heavy atom.